The predicted molar refractivity (Wildman–Crippen MR) is 129 cm³/mol. The van der Waals surface area contributed by atoms with Gasteiger partial charge in [-0.05, 0) is 81.2 Å². The topological polar surface area (TPSA) is 20.3 Å². The maximum absolute atomic E-state index is 12.4. The van der Waals surface area contributed by atoms with Crippen molar-refractivity contribution in [1.29, 1.82) is 0 Å². The first-order valence-electron chi connectivity index (χ1n) is 9.44. The molecule has 0 heterocycles. The predicted octanol–water partition coefficient (Wildman–Crippen LogP) is 7.31. The highest BCUT2D eigenvalue weighted by Gasteiger charge is 2.14. The van der Waals surface area contributed by atoms with Gasteiger partial charge in [0.25, 0.3) is 0 Å². The third-order valence-electron chi connectivity index (χ3n) is 4.85. The lowest BCUT2D eigenvalue weighted by Gasteiger charge is -2.22. The Hall–Kier alpha value is -2.92. The van der Waals surface area contributed by atoms with Gasteiger partial charge < -0.3 is 0 Å². The van der Waals surface area contributed by atoms with Crippen LogP contribution in [0.25, 0.3) is 22.3 Å². The number of rotatable bonds is 4. The molecule has 4 aromatic carbocycles. The molecule has 0 fully saturated rings. The summed E-state index contributed by atoms with van der Waals surface area (Å²) in [5.74, 6) is -0.0144. The maximum atomic E-state index is 12.4. The Balaban J connectivity index is 1.62. The lowest BCUT2D eigenvalue weighted by atomic mass is 10.0. The van der Waals surface area contributed by atoms with Crippen molar-refractivity contribution >= 4 is 39.9 Å². The normalized spacial score (nSPS) is 10.6. The Morgan fingerprint density at radius 1 is 0.586 bits per heavy atom. The van der Waals surface area contributed by atoms with Gasteiger partial charge in [0, 0.05) is 21.9 Å². The average molecular weight is 489 g/mol. The van der Waals surface area contributed by atoms with E-state index in [4.69, 9.17) is 0 Å². The number of hydrogen-bond donors (Lipinski definition) is 0. The number of halogens is 1. The Bertz CT molecular complexity index is 1100. The fourth-order valence-corrected chi connectivity index (χ4v) is 3.75. The highest BCUT2D eigenvalue weighted by Crippen LogP contribution is 2.30. The molecular weight excluding hydrogens is 469 g/mol. The Morgan fingerprint density at radius 3 is 1.38 bits per heavy atom. The van der Waals surface area contributed by atoms with Crippen molar-refractivity contribution in [1.82, 2.24) is 0 Å². The second-order valence-corrected chi connectivity index (χ2v) is 8.07. The summed E-state index contributed by atoms with van der Waals surface area (Å²) in [5.41, 5.74) is 6.31. The van der Waals surface area contributed by atoms with Gasteiger partial charge in [-0.25, -0.2) is 0 Å². The molecular formula is C26H20INO. The number of amides is 1. The van der Waals surface area contributed by atoms with Crippen LogP contribution in [0.3, 0.4) is 0 Å². The molecule has 0 bridgehead atoms. The van der Waals surface area contributed by atoms with Crippen molar-refractivity contribution in [2.45, 2.75) is 6.92 Å². The fourth-order valence-electron chi connectivity index (χ4n) is 3.39. The monoisotopic (exact) mass is 489 g/mol. The van der Waals surface area contributed by atoms with E-state index < -0.39 is 0 Å². The van der Waals surface area contributed by atoms with Crippen molar-refractivity contribution in [2.75, 3.05) is 4.90 Å². The van der Waals surface area contributed by atoms with E-state index in [0.29, 0.717) is 0 Å². The summed E-state index contributed by atoms with van der Waals surface area (Å²) >= 11 is 2.31. The summed E-state index contributed by atoms with van der Waals surface area (Å²) in [7, 11) is 0. The van der Waals surface area contributed by atoms with Crippen LogP contribution < -0.4 is 4.90 Å². The van der Waals surface area contributed by atoms with Crippen molar-refractivity contribution in [3.8, 4) is 22.3 Å². The minimum absolute atomic E-state index is 0.0144. The first-order valence-corrected chi connectivity index (χ1v) is 10.5. The van der Waals surface area contributed by atoms with Crippen LogP contribution in [-0.2, 0) is 4.79 Å². The van der Waals surface area contributed by atoms with Crippen LogP contribution in [0.2, 0.25) is 0 Å². The van der Waals surface area contributed by atoms with Crippen LogP contribution in [0.5, 0.6) is 0 Å². The Kier molecular flexibility index (Phi) is 5.76. The molecule has 0 aliphatic carbocycles. The highest BCUT2D eigenvalue weighted by atomic mass is 127. The van der Waals surface area contributed by atoms with Crippen LogP contribution in [0.1, 0.15) is 6.92 Å². The van der Waals surface area contributed by atoms with E-state index >= 15 is 0 Å². The van der Waals surface area contributed by atoms with E-state index in [1.165, 1.54) is 9.13 Å². The third kappa shape index (κ3) is 4.40. The molecule has 29 heavy (non-hydrogen) atoms. The molecule has 4 aromatic rings. The van der Waals surface area contributed by atoms with Gasteiger partial charge in [0.15, 0.2) is 0 Å². The summed E-state index contributed by atoms with van der Waals surface area (Å²) in [6.45, 7) is 1.60. The molecule has 0 unspecified atom stereocenters. The molecule has 0 aliphatic heterocycles. The molecule has 4 rings (SSSR count). The zero-order chi connectivity index (χ0) is 20.2. The standard InChI is InChI=1S/C26H20INO/c1-19(29)28(25-15-9-22(10-16-25)20-5-3-2-4-6-20)26-17-11-23(12-18-26)21-7-13-24(27)14-8-21/h2-18H,1H3. The van der Waals surface area contributed by atoms with Crippen LogP contribution in [-0.4, -0.2) is 5.91 Å². The number of carbonyl (C=O) groups excluding carboxylic acids is 1. The number of carbonyl (C=O) groups is 1. The first kappa shape index (κ1) is 19.4. The van der Waals surface area contributed by atoms with Crippen LogP contribution in [0.4, 0.5) is 11.4 Å². The zero-order valence-electron chi connectivity index (χ0n) is 16.0. The second-order valence-electron chi connectivity index (χ2n) is 6.82. The third-order valence-corrected chi connectivity index (χ3v) is 5.57. The van der Waals surface area contributed by atoms with E-state index in [1.54, 1.807) is 11.8 Å². The minimum Gasteiger partial charge on any atom is -0.281 e. The Morgan fingerprint density at radius 2 is 0.966 bits per heavy atom. The molecule has 0 spiro atoms. The van der Waals surface area contributed by atoms with Gasteiger partial charge in [-0.3, -0.25) is 9.69 Å². The molecule has 0 saturated heterocycles. The van der Waals surface area contributed by atoms with E-state index in [0.717, 1.165) is 28.1 Å². The molecule has 0 aliphatic rings. The molecule has 1 amide bonds. The molecule has 0 N–H and O–H groups in total. The average Bonchev–Trinajstić information content (AvgIpc) is 2.76. The Labute approximate surface area is 185 Å². The van der Waals surface area contributed by atoms with Gasteiger partial charge in [-0.15, -0.1) is 0 Å². The molecule has 0 radical (unpaired) electrons. The van der Waals surface area contributed by atoms with Gasteiger partial charge in [0.05, 0.1) is 0 Å². The van der Waals surface area contributed by atoms with Gasteiger partial charge in [0.1, 0.15) is 0 Å². The lowest BCUT2D eigenvalue weighted by molar-refractivity contribution is -0.115. The van der Waals surface area contributed by atoms with Crippen LogP contribution >= 0.6 is 22.6 Å². The summed E-state index contributed by atoms with van der Waals surface area (Å²) < 4.78 is 1.21. The summed E-state index contributed by atoms with van der Waals surface area (Å²) in [6, 6.07) is 34.9. The molecule has 2 nitrogen and oxygen atoms in total. The molecule has 0 aromatic heterocycles. The van der Waals surface area contributed by atoms with Crippen molar-refractivity contribution in [3.05, 3.63) is 107 Å². The van der Waals surface area contributed by atoms with Crippen molar-refractivity contribution in [3.63, 3.8) is 0 Å². The number of nitrogens with zero attached hydrogens (tertiary/aromatic N) is 1. The van der Waals surface area contributed by atoms with Gasteiger partial charge in [0.2, 0.25) is 5.91 Å². The second kappa shape index (κ2) is 8.62. The summed E-state index contributed by atoms with van der Waals surface area (Å²) in [5, 5.41) is 0. The van der Waals surface area contributed by atoms with E-state index in [2.05, 4.69) is 83.3 Å². The van der Waals surface area contributed by atoms with E-state index in [-0.39, 0.29) is 5.91 Å². The maximum Gasteiger partial charge on any atom is 0.228 e. The van der Waals surface area contributed by atoms with E-state index in [9.17, 15) is 4.79 Å². The zero-order valence-corrected chi connectivity index (χ0v) is 18.2. The minimum atomic E-state index is -0.0144. The number of anilines is 2. The van der Waals surface area contributed by atoms with Crippen LogP contribution in [0, 0.1) is 3.57 Å². The summed E-state index contributed by atoms with van der Waals surface area (Å²) in [6.07, 6.45) is 0. The largest absolute Gasteiger partial charge is 0.281 e. The molecule has 142 valence electrons. The molecule has 0 atom stereocenters. The van der Waals surface area contributed by atoms with Crippen LogP contribution in [0.15, 0.2) is 103 Å². The van der Waals surface area contributed by atoms with Crippen molar-refractivity contribution in [2.24, 2.45) is 0 Å². The fraction of sp³-hybridized carbons (Fsp3) is 0.0385. The summed E-state index contributed by atoms with van der Waals surface area (Å²) in [4.78, 5) is 14.2. The van der Waals surface area contributed by atoms with Crippen molar-refractivity contribution < 1.29 is 4.79 Å². The number of benzene rings is 4. The van der Waals surface area contributed by atoms with E-state index in [1.807, 2.05) is 42.5 Å². The quantitative estimate of drug-likeness (QED) is 0.275. The lowest BCUT2D eigenvalue weighted by Crippen LogP contribution is -2.22. The van der Waals surface area contributed by atoms with Gasteiger partial charge in [-0.2, -0.15) is 0 Å². The van der Waals surface area contributed by atoms with Gasteiger partial charge >= 0.3 is 0 Å². The molecule has 3 heteroatoms. The number of hydrogen-bond acceptors (Lipinski definition) is 1. The first-order chi connectivity index (χ1) is 14.1. The van der Waals surface area contributed by atoms with Gasteiger partial charge in [-0.1, -0.05) is 66.7 Å². The SMILES string of the molecule is CC(=O)N(c1ccc(-c2ccccc2)cc1)c1ccc(-c2ccc(I)cc2)cc1. The smallest absolute Gasteiger partial charge is 0.228 e. The highest BCUT2D eigenvalue weighted by molar-refractivity contribution is 14.1. The molecule has 0 saturated carbocycles.